The van der Waals surface area contributed by atoms with Gasteiger partial charge < -0.3 is 4.74 Å². The molecule has 1 aromatic carbocycles. The van der Waals surface area contributed by atoms with Crippen molar-refractivity contribution in [1.29, 1.82) is 0 Å². The van der Waals surface area contributed by atoms with E-state index in [4.69, 9.17) is 16.3 Å². The van der Waals surface area contributed by atoms with E-state index in [-0.39, 0.29) is 11.8 Å². The van der Waals surface area contributed by atoms with Gasteiger partial charge in [-0.3, -0.25) is 4.57 Å². The number of thioether (sulfide) groups is 1. The second-order valence-electron chi connectivity index (χ2n) is 6.00. The Bertz CT molecular complexity index is 929. The van der Waals surface area contributed by atoms with Crippen molar-refractivity contribution in [2.24, 2.45) is 0 Å². The first-order valence-corrected chi connectivity index (χ1v) is 10.5. The average molecular weight is 409 g/mol. The van der Waals surface area contributed by atoms with Crippen molar-refractivity contribution in [2.75, 3.05) is 6.61 Å². The number of H-pyrrole nitrogens is 1. The molecular weight excluding hydrogens is 392 g/mol. The predicted octanol–water partition coefficient (Wildman–Crippen LogP) is 3.82. The zero-order valence-electron chi connectivity index (χ0n) is 13.9. The van der Waals surface area contributed by atoms with E-state index in [0.717, 1.165) is 35.7 Å². The van der Waals surface area contributed by atoms with Crippen molar-refractivity contribution >= 4 is 34.7 Å². The fourth-order valence-electron chi connectivity index (χ4n) is 2.80. The van der Waals surface area contributed by atoms with Gasteiger partial charge in [-0.05, 0) is 25.0 Å². The van der Waals surface area contributed by atoms with Gasteiger partial charge in [0.25, 0.3) is 0 Å². The first-order chi connectivity index (χ1) is 12.7. The van der Waals surface area contributed by atoms with Gasteiger partial charge in [0.1, 0.15) is 5.01 Å². The number of hydrogen-bond donors (Lipinski definition) is 1. The number of aromatic nitrogens is 4. The van der Waals surface area contributed by atoms with Crippen molar-refractivity contribution in [3.8, 4) is 10.6 Å². The second-order valence-corrected chi connectivity index (χ2v) is 8.23. The maximum atomic E-state index is 12.0. The van der Waals surface area contributed by atoms with Crippen LogP contribution in [0.15, 0.2) is 39.6 Å². The third kappa shape index (κ3) is 4.03. The molecule has 9 heteroatoms. The van der Waals surface area contributed by atoms with Gasteiger partial charge >= 0.3 is 5.69 Å². The highest BCUT2D eigenvalue weighted by atomic mass is 35.5. The van der Waals surface area contributed by atoms with Crippen molar-refractivity contribution in [1.82, 2.24) is 19.7 Å². The predicted molar refractivity (Wildman–Crippen MR) is 104 cm³/mol. The SMILES string of the molecule is O=c1[nH]nc(SCc2csc(-c3ccc(Cl)cc3)n2)n1C[C@@H]1CCCO1. The minimum absolute atomic E-state index is 0.0976. The second kappa shape index (κ2) is 7.96. The van der Waals surface area contributed by atoms with Gasteiger partial charge in [0, 0.05) is 28.3 Å². The van der Waals surface area contributed by atoms with Crippen LogP contribution >= 0.6 is 34.7 Å². The fourth-order valence-corrected chi connectivity index (χ4v) is 4.71. The molecule has 3 aromatic rings. The van der Waals surface area contributed by atoms with E-state index in [0.29, 0.717) is 22.5 Å². The van der Waals surface area contributed by atoms with Crippen LogP contribution in [0.4, 0.5) is 0 Å². The number of nitrogens with zero attached hydrogens (tertiary/aromatic N) is 3. The number of ether oxygens (including phenoxy) is 1. The molecule has 3 heterocycles. The van der Waals surface area contributed by atoms with E-state index in [1.54, 1.807) is 15.9 Å². The average Bonchev–Trinajstić information content (AvgIpc) is 3.38. The Labute approximate surface area is 163 Å². The van der Waals surface area contributed by atoms with Crippen LogP contribution < -0.4 is 5.69 Å². The molecule has 2 aromatic heterocycles. The lowest BCUT2D eigenvalue weighted by Crippen LogP contribution is -2.24. The number of hydrogen-bond acceptors (Lipinski definition) is 6. The van der Waals surface area contributed by atoms with Gasteiger partial charge in [0.15, 0.2) is 5.16 Å². The molecule has 1 fully saturated rings. The molecule has 4 rings (SSSR count). The molecule has 0 saturated carbocycles. The van der Waals surface area contributed by atoms with Gasteiger partial charge in [-0.1, -0.05) is 35.5 Å². The number of thiazole rings is 1. The summed E-state index contributed by atoms with van der Waals surface area (Å²) in [4.78, 5) is 16.7. The molecule has 0 unspecified atom stereocenters. The Kier molecular flexibility index (Phi) is 5.44. The largest absolute Gasteiger partial charge is 0.376 e. The maximum Gasteiger partial charge on any atom is 0.344 e. The summed E-state index contributed by atoms with van der Waals surface area (Å²) in [6.45, 7) is 1.32. The molecular formula is C17H17ClN4O2S2. The Hall–Kier alpha value is -1.61. The Balaban J connectivity index is 1.43. The van der Waals surface area contributed by atoms with Crippen LogP contribution in [0.1, 0.15) is 18.5 Å². The Morgan fingerprint density at radius 3 is 3.00 bits per heavy atom. The smallest absolute Gasteiger partial charge is 0.344 e. The third-order valence-electron chi connectivity index (χ3n) is 4.13. The zero-order valence-corrected chi connectivity index (χ0v) is 16.2. The highest BCUT2D eigenvalue weighted by Crippen LogP contribution is 2.28. The van der Waals surface area contributed by atoms with E-state index >= 15 is 0 Å². The third-order valence-corrected chi connectivity index (χ3v) is 6.33. The van der Waals surface area contributed by atoms with E-state index in [1.807, 2.05) is 29.6 Å². The summed E-state index contributed by atoms with van der Waals surface area (Å²) >= 11 is 9.03. The number of aromatic amines is 1. The number of benzene rings is 1. The summed E-state index contributed by atoms with van der Waals surface area (Å²) in [5.74, 6) is 0.653. The van der Waals surface area contributed by atoms with Crippen LogP contribution in [-0.2, 0) is 17.0 Å². The van der Waals surface area contributed by atoms with Gasteiger partial charge in [0.05, 0.1) is 18.3 Å². The fraction of sp³-hybridized carbons (Fsp3) is 0.353. The molecule has 0 amide bonds. The standard InChI is InChI=1S/C17H17ClN4O2S2/c18-12-5-3-11(4-6-12)15-19-13(9-25-15)10-26-17-21-20-16(23)22(17)8-14-2-1-7-24-14/h3-6,9,14H,1-2,7-8,10H2,(H,20,23)/t14-/m0/s1. The molecule has 136 valence electrons. The van der Waals surface area contributed by atoms with Gasteiger partial charge in [-0.25, -0.2) is 14.9 Å². The molecule has 0 spiro atoms. The monoisotopic (exact) mass is 408 g/mol. The Morgan fingerprint density at radius 1 is 1.38 bits per heavy atom. The summed E-state index contributed by atoms with van der Waals surface area (Å²) in [5.41, 5.74) is 1.82. The lowest BCUT2D eigenvalue weighted by molar-refractivity contribution is 0.0941. The first kappa shape index (κ1) is 17.8. The quantitative estimate of drug-likeness (QED) is 0.627. The summed E-state index contributed by atoms with van der Waals surface area (Å²) in [6, 6.07) is 7.65. The summed E-state index contributed by atoms with van der Waals surface area (Å²) in [6.07, 6.45) is 2.13. The highest BCUT2D eigenvalue weighted by molar-refractivity contribution is 7.98. The van der Waals surface area contributed by atoms with Gasteiger partial charge in [-0.2, -0.15) is 0 Å². The molecule has 0 radical (unpaired) electrons. The van der Waals surface area contributed by atoms with Crippen LogP contribution in [0.3, 0.4) is 0 Å². The van der Waals surface area contributed by atoms with Crippen LogP contribution in [0.5, 0.6) is 0 Å². The van der Waals surface area contributed by atoms with Gasteiger partial charge in [0.2, 0.25) is 0 Å². The van der Waals surface area contributed by atoms with Crippen LogP contribution in [0.25, 0.3) is 10.6 Å². The van der Waals surface area contributed by atoms with Crippen molar-refractivity contribution < 1.29 is 4.74 Å². The number of halogens is 1. The molecule has 0 aliphatic carbocycles. The zero-order chi connectivity index (χ0) is 17.9. The molecule has 1 saturated heterocycles. The molecule has 6 nitrogen and oxygen atoms in total. The normalized spacial score (nSPS) is 17.0. The molecule has 1 aliphatic heterocycles. The van der Waals surface area contributed by atoms with Crippen LogP contribution in [0.2, 0.25) is 5.02 Å². The minimum Gasteiger partial charge on any atom is -0.376 e. The first-order valence-electron chi connectivity index (χ1n) is 8.29. The number of rotatable bonds is 6. The molecule has 1 aliphatic rings. The topological polar surface area (TPSA) is 72.8 Å². The highest BCUT2D eigenvalue weighted by Gasteiger charge is 2.20. The summed E-state index contributed by atoms with van der Waals surface area (Å²) in [5, 5.41) is 11.0. The molecule has 1 N–H and O–H groups in total. The molecule has 1 atom stereocenters. The van der Waals surface area contributed by atoms with Crippen molar-refractivity contribution in [2.45, 2.75) is 36.4 Å². The summed E-state index contributed by atoms with van der Waals surface area (Å²) < 4.78 is 7.29. The van der Waals surface area contributed by atoms with Crippen molar-refractivity contribution in [3.63, 3.8) is 0 Å². The van der Waals surface area contributed by atoms with Crippen LogP contribution in [0, 0.1) is 0 Å². The Morgan fingerprint density at radius 2 is 2.23 bits per heavy atom. The van der Waals surface area contributed by atoms with E-state index in [9.17, 15) is 4.79 Å². The van der Waals surface area contributed by atoms with Gasteiger partial charge in [-0.15, -0.1) is 16.4 Å². The lowest BCUT2D eigenvalue weighted by atomic mass is 10.2. The molecule has 0 bridgehead atoms. The summed E-state index contributed by atoms with van der Waals surface area (Å²) in [7, 11) is 0. The van der Waals surface area contributed by atoms with E-state index in [2.05, 4.69) is 15.2 Å². The number of nitrogens with one attached hydrogen (secondary N) is 1. The minimum atomic E-state index is -0.192. The van der Waals surface area contributed by atoms with Crippen molar-refractivity contribution in [3.05, 3.63) is 50.8 Å². The molecule has 26 heavy (non-hydrogen) atoms. The van der Waals surface area contributed by atoms with E-state index in [1.165, 1.54) is 11.8 Å². The van der Waals surface area contributed by atoms with E-state index < -0.39 is 0 Å². The maximum absolute atomic E-state index is 12.0. The van der Waals surface area contributed by atoms with Crippen LogP contribution in [-0.4, -0.2) is 32.5 Å². The lowest BCUT2D eigenvalue weighted by Gasteiger charge is -2.10.